The molecule has 7 heteroatoms. The fourth-order valence-electron chi connectivity index (χ4n) is 2.48. The van der Waals surface area contributed by atoms with Crippen LogP contribution in [0.25, 0.3) is 0 Å². The molecule has 0 fully saturated rings. The number of carbonyl (C=O) groups is 3. The van der Waals surface area contributed by atoms with E-state index in [0.717, 1.165) is 35.9 Å². The summed E-state index contributed by atoms with van der Waals surface area (Å²) in [5, 5.41) is 11.1. The summed E-state index contributed by atoms with van der Waals surface area (Å²) in [6.07, 6.45) is 1.87. The van der Waals surface area contributed by atoms with Gasteiger partial charge in [-0.1, -0.05) is 36.9 Å². The number of aryl methyl sites for hydroxylation is 1. The number of hydrogen-bond acceptors (Lipinski definition) is 5. The van der Waals surface area contributed by atoms with Gasteiger partial charge in [0.1, 0.15) is 0 Å². The maximum Gasteiger partial charge on any atom is 0.237 e. The Labute approximate surface area is 145 Å². The van der Waals surface area contributed by atoms with Crippen LogP contribution in [-0.2, 0) is 20.8 Å². The van der Waals surface area contributed by atoms with Crippen LogP contribution in [0.15, 0.2) is 24.3 Å². The largest absolute Gasteiger partial charge is 0.396 e. The molecule has 0 bridgehead atoms. The molecule has 2 amide bonds. The zero-order chi connectivity index (χ0) is 17.5. The zero-order valence-electron chi connectivity index (χ0n) is 13.7. The number of anilines is 1. The first-order valence-corrected chi connectivity index (χ1v) is 8.94. The molecule has 0 aromatic heterocycles. The van der Waals surface area contributed by atoms with E-state index in [1.807, 2.05) is 24.3 Å². The molecule has 0 saturated carbocycles. The summed E-state index contributed by atoms with van der Waals surface area (Å²) < 4.78 is 0. The van der Waals surface area contributed by atoms with E-state index in [9.17, 15) is 14.4 Å². The number of para-hydroxylation sites is 1. The number of amides is 2. The minimum atomic E-state index is -0.547. The van der Waals surface area contributed by atoms with Crippen molar-refractivity contribution in [3.05, 3.63) is 29.8 Å². The molecule has 2 rings (SSSR count). The molecule has 0 saturated heterocycles. The van der Waals surface area contributed by atoms with Gasteiger partial charge in [-0.15, -0.1) is 0 Å². The fraction of sp³-hybridized carbons (Fsp3) is 0.471. The van der Waals surface area contributed by atoms with Gasteiger partial charge in [0.25, 0.3) is 0 Å². The molecule has 6 nitrogen and oxygen atoms in total. The van der Waals surface area contributed by atoms with E-state index >= 15 is 0 Å². The van der Waals surface area contributed by atoms with Gasteiger partial charge in [-0.05, 0) is 24.5 Å². The number of fused-ring (bicyclic) bond motifs is 1. The van der Waals surface area contributed by atoms with Crippen molar-refractivity contribution in [3.8, 4) is 0 Å². The highest BCUT2D eigenvalue weighted by atomic mass is 32.2. The Hall–Kier alpha value is -1.86. The number of rotatable bonds is 6. The lowest BCUT2D eigenvalue weighted by Crippen LogP contribution is -2.37. The molecular weight excluding hydrogens is 328 g/mol. The summed E-state index contributed by atoms with van der Waals surface area (Å²) in [7, 11) is 0. The number of aliphatic hydroxyl groups is 1. The van der Waals surface area contributed by atoms with Crippen molar-refractivity contribution in [2.75, 3.05) is 30.3 Å². The lowest BCUT2D eigenvalue weighted by molar-refractivity contribution is -0.126. The maximum atomic E-state index is 12.4. The molecule has 1 aliphatic rings. The van der Waals surface area contributed by atoms with Crippen molar-refractivity contribution in [2.45, 2.75) is 19.8 Å². The first-order chi connectivity index (χ1) is 11.5. The van der Waals surface area contributed by atoms with E-state index in [4.69, 9.17) is 5.11 Å². The molecule has 0 radical (unpaired) electrons. The van der Waals surface area contributed by atoms with E-state index in [1.54, 1.807) is 11.8 Å². The second-order valence-corrected chi connectivity index (χ2v) is 6.77. The van der Waals surface area contributed by atoms with Crippen LogP contribution < -0.4 is 10.2 Å². The van der Waals surface area contributed by atoms with Crippen LogP contribution in [0.3, 0.4) is 0 Å². The lowest BCUT2D eigenvalue weighted by atomic mass is 10.0. The van der Waals surface area contributed by atoms with Gasteiger partial charge in [-0.25, -0.2) is 0 Å². The summed E-state index contributed by atoms with van der Waals surface area (Å²) in [4.78, 5) is 37.4. The molecule has 24 heavy (non-hydrogen) atoms. The minimum absolute atomic E-state index is 0.0542. The van der Waals surface area contributed by atoms with E-state index < -0.39 is 5.92 Å². The van der Waals surface area contributed by atoms with Gasteiger partial charge in [0.2, 0.25) is 16.9 Å². The third kappa shape index (κ3) is 4.82. The number of nitrogens with one attached hydrogen (secondary N) is 1. The number of carbonyl (C=O) groups excluding carboxylic acids is 3. The van der Waals surface area contributed by atoms with Gasteiger partial charge in [-0.2, -0.15) is 0 Å². The Bertz CT molecular complexity index is 620. The molecule has 1 heterocycles. The van der Waals surface area contributed by atoms with Gasteiger partial charge >= 0.3 is 0 Å². The third-order valence-electron chi connectivity index (χ3n) is 3.90. The predicted molar refractivity (Wildman–Crippen MR) is 93.8 cm³/mol. The van der Waals surface area contributed by atoms with E-state index in [2.05, 4.69) is 5.32 Å². The predicted octanol–water partition coefficient (Wildman–Crippen LogP) is 0.970. The van der Waals surface area contributed by atoms with Crippen molar-refractivity contribution in [1.29, 1.82) is 0 Å². The molecule has 0 aliphatic carbocycles. The van der Waals surface area contributed by atoms with Gasteiger partial charge in [0.15, 0.2) is 0 Å². The van der Waals surface area contributed by atoms with Crippen LogP contribution >= 0.6 is 11.8 Å². The van der Waals surface area contributed by atoms with Crippen molar-refractivity contribution >= 4 is 34.4 Å². The van der Waals surface area contributed by atoms with Crippen molar-refractivity contribution in [2.24, 2.45) is 5.92 Å². The first kappa shape index (κ1) is 18.5. The molecule has 1 aliphatic heterocycles. The van der Waals surface area contributed by atoms with Crippen LogP contribution in [0.1, 0.15) is 18.9 Å². The van der Waals surface area contributed by atoms with Crippen molar-refractivity contribution in [3.63, 3.8) is 0 Å². The van der Waals surface area contributed by atoms with Crippen molar-refractivity contribution < 1.29 is 19.5 Å². The highest BCUT2D eigenvalue weighted by Gasteiger charge is 2.22. The molecule has 2 N–H and O–H groups in total. The Morgan fingerprint density at radius 3 is 2.83 bits per heavy atom. The Kier molecular flexibility index (Phi) is 6.81. The average Bonchev–Trinajstić information content (AvgIpc) is 2.62. The van der Waals surface area contributed by atoms with Crippen molar-refractivity contribution in [1.82, 2.24) is 5.32 Å². The second-order valence-electron chi connectivity index (χ2n) is 5.74. The average molecular weight is 350 g/mol. The second kappa shape index (κ2) is 8.84. The van der Waals surface area contributed by atoms with Gasteiger partial charge in [0.05, 0.1) is 24.8 Å². The molecule has 130 valence electrons. The van der Waals surface area contributed by atoms with Gasteiger partial charge < -0.3 is 15.3 Å². The lowest BCUT2D eigenvalue weighted by Gasteiger charge is -2.29. The molecule has 1 aromatic carbocycles. The summed E-state index contributed by atoms with van der Waals surface area (Å²) in [5.41, 5.74) is 2.07. The summed E-state index contributed by atoms with van der Waals surface area (Å²) in [6.45, 7) is 1.83. The van der Waals surface area contributed by atoms with E-state index in [0.29, 0.717) is 6.54 Å². The minimum Gasteiger partial charge on any atom is -0.396 e. The summed E-state index contributed by atoms with van der Waals surface area (Å²) >= 11 is 0.907. The van der Waals surface area contributed by atoms with Gasteiger partial charge in [-0.3, -0.25) is 14.4 Å². The Morgan fingerprint density at radius 1 is 1.33 bits per heavy atom. The first-order valence-electron chi connectivity index (χ1n) is 7.95. The van der Waals surface area contributed by atoms with Crippen LogP contribution in [0, 0.1) is 5.92 Å². The quantitative estimate of drug-likeness (QED) is 0.798. The zero-order valence-corrected chi connectivity index (χ0v) is 14.5. The topological polar surface area (TPSA) is 86.7 Å². The summed E-state index contributed by atoms with van der Waals surface area (Å²) in [6, 6.07) is 7.81. The number of hydrogen-bond donors (Lipinski definition) is 2. The standard InChI is InChI=1S/C17H22N2O4S/c1-12(10-20)17(23)18-9-16(22)24-11-15(21)19-8-4-6-13-5-2-3-7-14(13)19/h2-3,5,7,12,20H,4,6,8-11H2,1H3,(H,18,23)/t12-/m1/s1. The normalized spacial score (nSPS) is 14.7. The van der Waals surface area contributed by atoms with E-state index in [-0.39, 0.29) is 35.8 Å². The van der Waals surface area contributed by atoms with Crippen LogP contribution in [0.4, 0.5) is 5.69 Å². The molecule has 0 unspecified atom stereocenters. The van der Waals surface area contributed by atoms with Crippen LogP contribution in [-0.4, -0.2) is 47.5 Å². The monoisotopic (exact) mass is 350 g/mol. The highest BCUT2D eigenvalue weighted by Crippen LogP contribution is 2.27. The molecular formula is C17H22N2O4S. The number of thioether (sulfide) groups is 1. The fourth-order valence-corrected chi connectivity index (χ4v) is 3.09. The van der Waals surface area contributed by atoms with E-state index in [1.165, 1.54) is 0 Å². The summed E-state index contributed by atoms with van der Waals surface area (Å²) in [5.74, 6) is -0.967. The molecule has 1 aromatic rings. The number of nitrogens with zero attached hydrogens (tertiary/aromatic N) is 1. The smallest absolute Gasteiger partial charge is 0.237 e. The van der Waals surface area contributed by atoms with Gasteiger partial charge in [0, 0.05) is 12.2 Å². The van der Waals surface area contributed by atoms with Crippen LogP contribution in [0.5, 0.6) is 0 Å². The third-order valence-corrected chi connectivity index (χ3v) is 4.75. The Morgan fingerprint density at radius 2 is 2.08 bits per heavy atom. The maximum absolute atomic E-state index is 12.4. The highest BCUT2D eigenvalue weighted by molar-refractivity contribution is 8.14. The van der Waals surface area contributed by atoms with Crippen LogP contribution in [0.2, 0.25) is 0 Å². The molecule has 0 spiro atoms. The SMILES string of the molecule is C[C@H](CO)C(=O)NCC(=O)SCC(=O)N1CCCc2ccccc21. The number of benzene rings is 1. The number of aliphatic hydroxyl groups excluding tert-OH is 1. The Balaban J connectivity index is 1.81. The molecule has 1 atom stereocenters.